The van der Waals surface area contributed by atoms with E-state index in [1.807, 2.05) is 32.9 Å². The number of benzene rings is 1. The fraction of sp³-hybridized carbons (Fsp3) is 0.429. The zero-order chi connectivity index (χ0) is 14.4. The minimum absolute atomic E-state index is 0.0544. The standard InChI is InChI=1S/C14H19BrN2O2/c1-9(2)17-13(18)7-8-16-14(19)11-5-4-6-12(15)10(11)3/h4-6,9H,7-8H2,1-3H3,(H,16,19)(H,17,18). The van der Waals surface area contributed by atoms with Crippen molar-refractivity contribution in [1.82, 2.24) is 10.6 Å². The molecule has 1 aromatic carbocycles. The summed E-state index contributed by atoms with van der Waals surface area (Å²) in [5.74, 6) is -0.211. The minimum atomic E-state index is -0.156. The Bertz CT molecular complexity index is 473. The fourth-order valence-electron chi connectivity index (χ4n) is 1.63. The Labute approximate surface area is 122 Å². The molecule has 0 spiro atoms. The van der Waals surface area contributed by atoms with Gasteiger partial charge < -0.3 is 10.6 Å². The first-order valence-electron chi connectivity index (χ1n) is 6.24. The number of carbonyl (C=O) groups excluding carboxylic acids is 2. The van der Waals surface area contributed by atoms with Gasteiger partial charge in [0.2, 0.25) is 5.91 Å². The maximum absolute atomic E-state index is 12.0. The van der Waals surface area contributed by atoms with E-state index >= 15 is 0 Å². The first-order valence-corrected chi connectivity index (χ1v) is 7.03. The van der Waals surface area contributed by atoms with E-state index in [1.54, 1.807) is 6.07 Å². The molecule has 0 bridgehead atoms. The van der Waals surface area contributed by atoms with Gasteiger partial charge in [-0.25, -0.2) is 0 Å². The molecule has 0 atom stereocenters. The van der Waals surface area contributed by atoms with Crippen LogP contribution in [0.4, 0.5) is 0 Å². The van der Waals surface area contributed by atoms with Crippen LogP contribution in [0.3, 0.4) is 0 Å². The van der Waals surface area contributed by atoms with Crippen LogP contribution in [0.5, 0.6) is 0 Å². The van der Waals surface area contributed by atoms with Gasteiger partial charge in [-0.2, -0.15) is 0 Å². The van der Waals surface area contributed by atoms with Crippen molar-refractivity contribution in [2.75, 3.05) is 6.54 Å². The highest BCUT2D eigenvalue weighted by Gasteiger charge is 2.11. The summed E-state index contributed by atoms with van der Waals surface area (Å²) < 4.78 is 0.901. The second-order valence-electron chi connectivity index (χ2n) is 4.64. The molecule has 0 saturated carbocycles. The number of hydrogen-bond acceptors (Lipinski definition) is 2. The van der Waals surface area contributed by atoms with E-state index in [1.165, 1.54) is 0 Å². The second kappa shape index (κ2) is 7.28. The third-order valence-corrected chi connectivity index (χ3v) is 3.46. The van der Waals surface area contributed by atoms with Crippen LogP contribution in [0.2, 0.25) is 0 Å². The van der Waals surface area contributed by atoms with Crippen LogP contribution in [-0.2, 0) is 4.79 Å². The van der Waals surface area contributed by atoms with Gasteiger partial charge in [0, 0.05) is 29.0 Å². The first kappa shape index (κ1) is 15.7. The normalized spacial score (nSPS) is 10.4. The third kappa shape index (κ3) is 5.03. The molecule has 104 valence electrons. The van der Waals surface area contributed by atoms with E-state index < -0.39 is 0 Å². The van der Waals surface area contributed by atoms with E-state index in [0.29, 0.717) is 12.1 Å². The van der Waals surface area contributed by atoms with Crippen LogP contribution >= 0.6 is 15.9 Å². The van der Waals surface area contributed by atoms with Crippen molar-refractivity contribution in [3.8, 4) is 0 Å². The molecule has 0 heterocycles. The average molecular weight is 327 g/mol. The topological polar surface area (TPSA) is 58.2 Å². The lowest BCUT2D eigenvalue weighted by Crippen LogP contribution is -2.34. The smallest absolute Gasteiger partial charge is 0.251 e. The number of hydrogen-bond donors (Lipinski definition) is 2. The summed E-state index contributed by atoms with van der Waals surface area (Å²) in [7, 11) is 0. The Morgan fingerprint density at radius 1 is 1.32 bits per heavy atom. The molecule has 1 aromatic rings. The zero-order valence-electron chi connectivity index (χ0n) is 11.4. The molecule has 0 aliphatic carbocycles. The number of halogens is 1. The highest BCUT2D eigenvalue weighted by molar-refractivity contribution is 9.10. The highest BCUT2D eigenvalue weighted by Crippen LogP contribution is 2.19. The highest BCUT2D eigenvalue weighted by atomic mass is 79.9. The average Bonchev–Trinajstić information content (AvgIpc) is 2.31. The van der Waals surface area contributed by atoms with Crippen LogP contribution in [0.15, 0.2) is 22.7 Å². The largest absolute Gasteiger partial charge is 0.354 e. The lowest BCUT2D eigenvalue weighted by atomic mass is 10.1. The lowest BCUT2D eigenvalue weighted by Gasteiger charge is -2.10. The monoisotopic (exact) mass is 326 g/mol. The Hall–Kier alpha value is -1.36. The van der Waals surface area contributed by atoms with Crippen molar-refractivity contribution in [3.63, 3.8) is 0 Å². The minimum Gasteiger partial charge on any atom is -0.354 e. The molecule has 0 aromatic heterocycles. The van der Waals surface area contributed by atoms with Gasteiger partial charge in [-0.05, 0) is 38.5 Å². The molecule has 0 saturated heterocycles. The first-order chi connectivity index (χ1) is 8.91. The van der Waals surface area contributed by atoms with E-state index in [0.717, 1.165) is 10.0 Å². The SMILES string of the molecule is Cc1c(Br)cccc1C(=O)NCCC(=O)NC(C)C. The number of rotatable bonds is 5. The second-order valence-corrected chi connectivity index (χ2v) is 5.49. The van der Waals surface area contributed by atoms with Gasteiger partial charge in [0.05, 0.1) is 0 Å². The predicted octanol–water partition coefficient (Wildman–Crippen LogP) is 2.40. The maximum Gasteiger partial charge on any atom is 0.251 e. The van der Waals surface area contributed by atoms with Gasteiger partial charge >= 0.3 is 0 Å². The van der Waals surface area contributed by atoms with E-state index in [2.05, 4.69) is 26.6 Å². The summed E-state index contributed by atoms with van der Waals surface area (Å²) in [5, 5.41) is 5.53. The summed E-state index contributed by atoms with van der Waals surface area (Å²) >= 11 is 3.39. The van der Waals surface area contributed by atoms with Crippen molar-refractivity contribution in [1.29, 1.82) is 0 Å². The molecule has 0 fully saturated rings. The summed E-state index contributed by atoms with van der Waals surface area (Å²) in [5.41, 5.74) is 1.52. The molecule has 19 heavy (non-hydrogen) atoms. The van der Waals surface area contributed by atoms with Gasteiger partial charge in [-0.3, -0.25) is 9.59 Å². The Balaban J connectivity index is 2.48. The van der Waals surface area contributed by atoms with Crippen LogP contribution in [0.25, 0.3) is 0 Å². The molecule has 1 rings (SSSR count). The molecule has 0 radical (unpaired) electrons. The van der Waals surface area contributed by atoms with Gasteiger partial charge in [0.25, 0.3) is 5.91 Å². The van der Waals surface area contributed by atoms with E-state index in [4.69, 9.17) is 0 Å². The van der Waals surface area contributed by atoms with E-state index in [-0.39, 0.29) is 24.3 Å². The summed E-state index contributed by atoms with van der Waals surface area (Å²) in [6.07, 6.45) is 0.289. The number of nitrogens with one attached hydrogen (secondary N) is 2. The molecule has 0 aliphatic heterocycles. The lowest BCUT2D eigenvalue weighted by molar-refractivity contribution is -0.121. The summed E-state index contributed by atoms with van der Waals surface area (Å²) in [4.78, 5) is 23.4. The van der Waals surface area contributed by atoms with Crippen molar-refractivity contribution < 1.29 is 9.59 Å². The summed E-state index contributed by atoms with van der Waals surface area (Å²) in [6, 6.07) is 5.60. The molecule has 0 unspecified atom stereocenters. The molecule has 2 amide bonds. The number of carbonyl (C=O) groups is 2. The number of amides is 2. The molecule has 0 aliphatic rings. The Morgan fingerprint density at radius 2 is 2.00 bits per heavy atom. The van der Waals surface area contributed by atoms with Crippen LogP contribution in [-0.4, -0.2) is 24.4 Å². The van der Waals surface area contributed by atoms with Crippen molar-refractivity contribution >= 4 is 27.7 Å². The predicted molar refractivity (Wildman–Crippen MR) is 79.1 cm³/mol. The van der Waals surface area contributed by atoms with Crippen molar-refractivity contribution in [2.24, 2.45) is 0 Å². The quantitative estimate of drug-likeness (QED) is 0.872. The molecular weight excluding hydrogens is 308 g/mol. The van der Waals surface area contributed by atoms with Gasteiger partial charge in [-0.1, -0.05) is 22.0 Å². The third-order valence-electron chi connectivity index (χ3n) is 2.60. The van der Waals surface area contributed by atoms with Gasteiger partial charge in [0.15, 0.2) is 0 Å². The van der Waals surface area contributed by atoms with Crippen LogP contribution < -0.4 is 10.6 Å². The van der Waals surface area contributed by atoms with Crippen molar-refractivity contribution in [3.05, 3.63) is 33.8 Å². The zero-order valence-corrected chi connectivity index (χ0v) is 13.0. The van der Waals surface area contributed by atoms with Crippen LogP contribution in [0, 0.1) is 6.92 Å². The fourth-order valence-corrected chi connectivity index (χ4v) is 2.00. The van der Waals surface area contributed by atoms with Gasteiger partial charge in [0.1, 0.15) is 0 Å². The Kier molecular flexibility index (Phi) is 6.02. The maximum atomic E-state index is 12.0. The molecular formula is C14H19BrN2O2. The Morgan fingerprint density at radius 3 is 2.63 bits per heavy atom. The molecule has 2 N–H and O–H groups in total. The van der Waals surface area contributed by atoms with Gasteiger partial charge in [-0.15, -0.1) is 0 Å². The van der Waals surface area contributed by atoms with Crippen molar-refractivity contribution in [2.45, 2.75) is 33.2 Å². The molecule has 4 nitrogen and oxygen atoms in total. The summed E-state index contributed by atoms with van der Waals surface area (Å²) in [6.45, 7) is 6.02. The van der Waals surface area contributed by atoms with Crippen LogP contribution in [0.1, 0.15) is 36.2 Å². The van der Waals surface area contributed by atoms with E-state index in [9.17, 15) is 9.59 Å². The molecule has 5 heteroatoms.